The van der Waals surface area contributed by atoms with E-state index in [4.69, 9.17) is 0 Å². The number of carbonyl (C=O) groups is 2. The molecule has 146 valence electrons. The molecule has 0 saturated carbocycles. The molecule has 2 heterocycles. The maximum absolute atomic E-state index is 13.1. The predicted molar refractivity (Wildman–Crippen MR) is 107 cm³/mol. The molecular weight excluding hydrogens is 338 g/mol. The molecule has 1 aromatic rings. The van der Waals surface area contributed by atoms with Crippen molar-refractivity contribution in [3.05, 3.63) is 47.5 Å². The largest absolute Gasteiger partial charge is 0.341 e. The van der Waals surface area contributed by atoms with Crippen molar-refractivity contribution in [1.82, 2.24) is 14.9 Å². The minimum absolute atomic E-state index is 0.0388. The fourth-order valence-electron chi connectivity index (χ4n) is 3.80. The van der Waals surface area contributed by atoms with Gasteiger partial charge in [-0.05, 0) is 25.3 Å². The van der Waals surface area contributed by atoms with E-state index in [-0.39, 0.29) is 17.9 Å². The van der Waals surface area contributed by atoms with Crippen LogP contribution in [0.2, 0.25) is 0 Å². The van der Waals surface area contributed by atoms with Crippen molar-refractivity contribution in [2.75, 3.05) is 26.2 Å². The summed E-state index contributed by atoms with van der Waals surface area (Å²) < 4.78 is 0. The van der Waals surface area contributed by atoms with E-state index < -0.39 is 0 Å². The van der Waals surface area contributed by atoms with Crippen LogP contribution in [0.5, 0.6) is 0 Å². The fraction of sp³-hybridized carbons (Fsp3) is 0.545. The second-order valence-electron chi connectivity index (χ2n) is 7.58. The molecule has 2 aliphatic rings. The molecule has 2 aliphatic heterocycles. The Morgan fingerprint density at radius 2 is 2.00 bits per heavy atom. The standard InChI is InChI=1S/C22H31N3O2/c1-3-4-5-16-25(22(27)24-15-7-9-21(24)26)23-14-6-8-20(17-23)19-12-10-18(2)11-13-19/h6,8,10-13,20H,3-5,7,9,14-17H2,1-2H3. The van der Waals surface area contributed by atoms with Crippen LogP contribution in [-0.2, 0) is 4.79 Å². The molecule has 0 aromatic heterocycles. The topological polar surface area (TPSA) is 43.9 Å². The lowest BCUT2D eigenvalue weighted by molar-refractivity contribution is -0.126. The first kappa shape index (κ1) is 19.6. The number of nitrogens with zero attached hydrogens (tertiary/aromatic N) is 3. The van der Waals surface area contributed by atoms with Crippen LogP contribution in [0, 0.1) is 6.92 Å². The molecule has 1 atom stereocenters. The highest BCUT2D eigenvalue weighted by atomic mass is 16.2. The second kappa shape index (κ2) is 9.18. The van der Waals surface area contributed by atoms with E-state index in [1.54, 1.807) is 0 Å². The summed E-state index contributed by atoms with van der Waals surface area (Å²) in [6.07, 6.45) is 8.79. The maximum Gasteiger partial charge on any atom is 0.341 e. The van der Waals surface area contributed by atoms with Gasteiger partial charge in [0.15, 0.2) is 0 Å². The van der Waals surface area contributed by atoms with Gasteiger partial charge >= 0.3 is 6.03 Å². The molecule has 1 unspecified atom stereocenters. The molecule has 5 heteroatoms. The molecule has 0 radical (unpaired) electrons. The first-order valence-corrected chi connectivity index (χ1v) is 10.2. The Bertz CT molecular complexity index is 683. The lowest BCUT2D eigenvalue weighted by Crippen LogP contribution is -2.54. The van der Waals surface area contributed by atoms with E-state index in [2.05, 4.69) is 55.3 Å². The number of hydrogen-bond acceptors (Lipinski definition) is 3. The molecule has 0 bridgehead atoms. The van der Waals surface area contributed by atoms with Gasteiger partial charge in [-0.25, -0.2) is 9.80 Å². The molecule has 27 heavy (non-hydrogen) atoms. The third-order valence-electron chi connectivity index (χ3n) is 5.44. The third kappa shape index (κ3) is 4.78. The molecule has 3 rings (SSSR count). The van der Waals surface area contributed by atoms with Gasteiger partial charge in [-0.3, -0.25) is 14.7 Å². The van der Waals surface area contributed by atoms with Gasteiger partial charge in [-0.1, -0.05) is 61.7 Å². The second-order valence-corrected chi connectivity index (χ2v) is 7.58. The van der Waals surface area contributed by atoms with Gasteiger partial charge in [0.05, 0.1) is 0 Å². The molecule has 5 nitrogen and oxygen atoms in total. The normalized spacial score (nSPS) is 20.3. The zero-order valence-electron chi connectivity index (χ0n) is 16.6. The smallest absolute Gasteiger partial charge is 0.274 e. The summed E-state index contributed by atoms with van der Waals surface area (Å²) in [5.41, 5.74) is 2.51. The monoisotopic (exact) mass is 369 g/mol. The zero-order chi connectivity index (χ0) is 19.2. The van der Waals surface area contributed by atoms with Crippen LogP contribution in [0.3, 0.4) is 0 Å². The van der Waals surface area contributed by atoms with Crippen molar-refractivity contribution >= 4 is 11.9 Å². The Morgan fingerprint density at radius 1 is 1.22 bits per heavy atom. The number of carbonyl (C=O) groups excluding carboxylic acids is 2. The molecule has 0 N–H and O–H groups in total. The first-order valence-electron chi connectivity index (χ1n) is 10.2. The van der Waals surface area contributed by atoms with Crippen molar-refractivity contribution in [2.24, 2.45) is 0 Å². The van der Waals surface area contributed by atoms with Crippen LogP contribution >= 0.6 is 0 Å². The summed E-state index contributed by atoms with van der Waals surface area (Å²) in [5.74, 6) is 0.221. The number of hydrazine groups is 1. The van der Waals surface area contributed by atoms with Crippen LogP contribution < -0.4 is 0 Å². The number of urea groups is 1. The highest BCUT2D eigenvalue weighted by Crippen LogP contribution is 2.25. The number of benzene rings is 1. The van der Waals surface area contributed by atoms with Crippen molar-refractivity contribution in [1.29, 1.82) is 0 Å². The van der Waals surface area contributed by atoms with Crippen LogP contribution in [0.4, 0.5) is 4.79 Å². The Morgan fingerprint density at radius 3 is 2.67 bits per heavy atom. The van der Waals surface area contributed by atoms with Crippen LogP contribution in [0.15, 0.2) is 36.4 Å². The lowest BCUT2D eigenvalue weighted by Gasteiger charge is -2.39. The van der Waals surface area contributed by atoms with Crippen LogP contribution in [-0.4, -0.2) is 53.0 Å². The van der Waals surface area contributed by atoms with Gasteiger partial charge in [-0.2, -0.15) is 0 Å². The summed E-state index contributed by atoms with van der Waals surface area (Å²) in [7, 11) is 0. The Balaban J connectivity index is 1.74. The van der Waals surface area contributed by atoms with Crippen molar-refractivity contribution in [3.63, 3.8) is 0 Å². The Labute approximate surface area is 162 Å². The maximum atomic E-state index is 13.1. The highest BCUT2D eigenvalue weighted by Gasteiger charge is 2.33. The Kier molecular flexibility index (Phi) is 6.67. The zero-order valence-corrected chi connectivity index (χ0v) is 16.6. The molecule has 1 saturated heterocycles. The van der Waals surface area contributed by atoms with E-state index in [9.17, 15) is 9.59 Å². The van der Waals surface area contributed by atoms with Gasteiger partial charge in [0.25, 0.3) is 0 Å². The van der Waals surface area contributed by atoms with Gasteiger partial charge < -0.3 is 0 Å². The summed E-state index contributed by atoms with van der Waals surface area (Å²) in [5, 5.41) is 3.94. The SMILES string of the molecule is CCCCCN(C(=O)N1CCCC1=O)N1CC=CC(c2ccc(C)cc2)C1. The van der Waals surface area contributed by atoms with E-state index in [1.807, 2.05) is 5.01 Å². The predicted octanol–water partition coefficient (Wildman–Crippen LogP) is 4.10. The lowest BCUT2D eigenvalue weighted by atomic mass is 9.95. The van der Waals surface area contributed by atoms with Crippen molar-refractivity contribution in [3.8, 4) is 0 Å². The van der Waals surface area contributed by atoms with Crippen LogP contribution in [0.25, 0.3) is 0 Å². The molecule has 1 fully saturated rings. The first-order chi connectivity index (χ1) is 13.1. The molecule has 1 aromatic carbocycles. The average Bonchev–Trinajstić information content (AvgIpc) is 3.11. The van der Waals surface area contributed by atoms with E-state index in [0.717, 1.165) is 32.2 Å². The van der Waals surface area contributed by atoms with Gasteiger partial charge in [-0.15, -0.1) is 0 Å². The van der Waals surface area contributed by atoms with Gasteiger partial charge in [0.2, 0.25) is 5.91 Å². The van der Waals surface area contributed by atoms with E-state index >= 15 is 0 Å². The fourth-order valence-corrected chi connectivity index (χ4v) is 3.80. The quantitative estimate of drug-likeness (QED) is 0.560. The molecule has 0 aliphatic carbocycles. The van der Waals surface area contributed by atoms with Crippen molar-refractivity contribution < 1.29 is 9.59 Å². The number of amides is 3. The van der Waals surface area contributed by atoms with Gasteiger partial charge in [0.1, 0.15) is 0 Å². The minimum atomic E-state index is -0.147. The van der Waals surface area contributed by atoms with Gasteiger partial charge in [0, 0.05) is 38.5 Å². The number of unbranched alkanes of at least 4 members (excludes halogenated alkanes) is 2. The van der Waals surface area contributed by atoms with Crippen molar-refractivity contribution in [2.45, 2.75) is 51.9 Å². The summed E-state index contributed by atoms with van der Waals surface area (Å²) in [6, 6.07) is 8.46. The molecular formula is C22H31N3O2. The minimum Gasteiger partial charge on any atom is -0.274 e. The van der Waals surface area contributed by atoms with E-state index in [1.165, 1.54) is 16.0 Å². The number of imide groups is 1. The number of aryl methyl sites for hydroxylation is 1. The molecule has 0 spiro atoms. The summed E-state index contributed by atoms with van der Waals surface area (Å²) in [4.78, 5) is 26.6. The third-order valence-corrected chi connectivity index (χ3v) is 5.44. The average molecular weight is 370 g/mol. The number of likely N-dealkylation sites (tertiary alicyclic amines) is 1. The number of hydrogen-bond donors (Lipinski definition) is 0. The molecule has 3 amide bonds. The Hall–Kier alpha value is -2.14. The summed E-state index contributed by atoms with van der Waals surface area (Å²) >= 11 is 0. The van der Waals surface area contributed by atoms with Crippen LogP contribution in [0.1, 0.15) is 56.1 Å². The number of rotatable bonds is 6. The highest BCUT2D eigenvalue weighted by molar-refractivity contribution is 5.95. The van der Waals surface area contributed by atoms with E-state index in [0.29, 0.717) is 26.1 Å². The summed E-state index contributed by atoms with van der Waals surface area (Å²) in [6.45, 7) is 6.95.